The van der Waals surface area contributed by atoms with Gasteiger partial charge in [0.25, 0.3) is 0 Å². The van der Waals surface area contributed by atoms with Crippen molar-refractivity contribution in [1.29, 1.82) is 0 Å². The number of benzene rings is 1. The van der Waals surface area contributed by atoms with E-state index in [-0.39, 0.29) is 0 Å². The fourth-order valence-electron chi connectivity index (χ4n) is 1.37. The van der Waals surface area contributed by atoms with Crippen molar-refractivity contribution in [2.24, 2.45) is 9.98 Å². The second kappa shape index (κ2) is 7.48. The number of hydrogen-bond donors (Lipinski definition) is 0. The van der Waals surface area contributed by atoms with Crippen LogP contribution in [0.5, 0.6) is 0 Å². The van der Waals surface area contributed by atoms with Crippen molar-refractivity contribution < 1.29 is 0 Å². The van der Waals surface area contributed by atoms with Crippen molar-refractivity contribution in [2.45, 2.75) is 13.1 Å². The second-order valence-electron chi connectivity index (χ2n) is 4.66. The molecule has 0 amide bonds. The molecule has 98 valence electrons. The number of nitrogens with zero attached hydrogens (tertiary/aromatic N) is 4. The molecule has 0 aromatic heterocycles. The number of rotatable bonds is 6. The molecule has 0 N–H and O–H groups in total. The smallest absolute Gasteiger partial charge is 0.0848 e. The predicted molar refractivity (Wildman–Crippen MR) is 78.2 cm³/mol. The summed E-state index contributed by atoms with van der Waals surface area (Å²) in [6, 6.07) is 8.42. The Morgan fingerprint density at radius 3 is 1.39 bits per heavy atom. The number of hydrogen-bond acceptors (Lipinski definition) is 2. The Bertz CT molecular complexity index is 352. The Hall–Kier alpha value is -1.84. The first-order valence-corrected chi connectivity index (χ1v) is 5.98. The summed E-state index contributed by atoms with van der Waals surface area (Å²) in [5.41, 5.74) is 2.43. The third-order valence-corrected chi connectivity index (χ3v) is 2.20. The van der Waals surface area contributed by atoms with Gasteiger partial charge in [-0.1, -0.05) is 24.3 Å². The zero-order valence-electron chi connectivity index (χ0n) is 11.7. The summed E-state index contributed by atoms with van der Waals surface area (Å²) in [5.74, 6) is 0. The van der Waals surface area contributed by atoms with E-state index in [9.17, 15) is 0 Å². The van der Waals surface area contributed by atoms with Crippen molar-refractivity contribution in [1.82, 2.24) is 9.80 Å². The Morgan fingerprint density at radius 1 is 0.778 bits per heavy atom. The molecule has 1 aromatic carbocycles. The summed E-state index contributed by atoms with van der Waals surface area (Å²) in [7, 11) is 7.87. The zero-order chi connectivity index (χ0) is 13.4. The highest BCUT2D eigenvalue weighted by Crippen LogP contribution is 2.06. The lowest BCUT2D eigenvalue weighted by Gasteiger charge is -2.04. The number of aliphatic imine (C=N–C) groups is 2. The van der Waals surface area contributed by atoms with Gasteiger partial charge in [-0.2, -0.15) is 0 Å². The first kappa shape index (κ1) is 14.2. The molecule has 0 heterocycles. The van der Waals surface area contributed by atoms with Gasteiger partial charge in [-0.15, -0.1) is 0 Å². The zero-order valence-corrected chi connectivity index (χ0v) is 11.7. The molecule has 0 fully saturated rings. The normalized spacial score (nSPS) is 11.3. The van der Waals surface area contributed by atoms with Crippen LogP contribution in [0.1, 0.15) is 11.1 Å². The fourth-order valence-corrected chi connectivity index (χ4v) is 1.37. The molecule has 1 aromatic rings. The molecule has 0 spiro atoms. The van der Waals surface area contributed by atoms with Crippen LogP contribution in [0.15, 0.2) is 34.3 Å². The largest absolute Gasteiger partial charge is 0.369 e. The Balaban J connectivity index is 2.47. The molecule has 1 rings (SSSR count). The van der Waals surface area contributed by atoms with Crippen molar-refractivity contribution >= 4 is 12.7 Å². The monoisotopic (exact) mass is 246 g/mol. The highest BCUT2D eigenvalue weighted by atomic mass is 15.1. The Labute approximate surface area is 110 Å². The van der Waals surface area contributed by atoms with Crippen molar-refractivity contribution in [3.8, 4) is 0 Å². The maximum atomic E-state index is 4.32. The molecule has 0 unspecified atom stereocenters. The quantitative estimate of drug-likeness (QED) is 0.567. The van der Waals surface area contributed by atoms with E-state index in [4.69, 9.17) is 0 Å². The van der Waals surface area contributed by atoms with Crippen LogP contribution >= 0.6 is 0 Å². The van der Waals surface area contributed by atoms with Crippen LogP contribution in [0.3, 0.4) is 0 Å². The molecule has 0 radical (unpaired) electrons. The van der Waals surface area contributed by atoms with Gasteiger partial charge in [0.15, 0.2) is 0 Å². The van der Waals surface area contributed by atoms with Crippen LogP contribution in [-0.4, -0.2) is 50.7 Å². The lowest BCUT2D eigenvalue weighted by atomic mass is 10.1. The topological polar surface area (TPSA) is 31.2 Å². The maximum absolute atomic E-state index is 4.32. The molecule has 4 heteroatoms. The van der Waals surface area contributed by atoms with Crippen molar-refractivity contribution in [3.05, 3.63) is 35.4 Å². The summed E-state index contributed by atoms with van der Waals surface area (Å²) in [6.45, 7) is 1.44. The lowest BCUT2D eigenvalue weighted by molar-refractivity contribution is 0.638. The van der Waals surface area contributed by atoms with Crippen molar-refractivity contribution in [2.75, 3.05) is 28.2 Å². The average Bonchev–Trinajstić information content (AvgIpc) is 2.30. The van der Waals surface area contributed by atoms with E-state index in [1.807, 2.05) is 50.7 Å². The van der Waals surface area contributed by atoms with Crippen molar-refractivity contribution in [3.63, 3.8) is 0 Å². The van der Waals surface area contributed by atoms with Crippen LogP contribution in [0.25, 0.3) is 0 Å². The Kier molecular flexibility index (Phi) is 5.91. The molecule has 0 bridgehead atoms. The van der Waals surface area contributed by atoms with Gasteiger partial charge < -0.3 is 9.80 Å². The summed E-state index contributed by atoms with van der Waals surface area (Å²) < 4.78 is 0. The van der Waals surface area contributed by atoms with E-state index in [1.54, 1.807) is 0 Å². The molecule has 0 aliphatic heterocycles. The summed E-state index contributed by atoms with van der Waals surface area (Å²) in [5, 5.41) is 0. The standard InChI is InChI=1S/C14H22N4/c1-17(2)11-15-9-13-5-7-14(8-6-13)10-16-12-18(3)4/h5-8,11-12H,9-10H2,1-4H3. The SMILES string of the molecule is CN(C)C=NCc1ccc(CN=CN(C)C)cc1. The van der Waals surface area contributed by atoms with Gasteiger partial charge in [0.05, 0.1) is 25.8 Å². The van der Waals surface area contributed by atoms with Gasteiger partial charge in [-0.25, -0.2) is 0 Å². The van der Waals surface area contributed by atoms with Gasteiger partial charge in [0.2, 0.25) is 0 Å². The van der Waals surface area contributed by atoms with E-state index in [2.05, 4.69) is 34.3 Å². The predicted octanol–water partition coefficient (Wildman–Crippen LogP) is 1.87. The van der Waals surface area contributed by atoms with Crippen LogP contribution < -0.4 is 0 Å². The van der Waals surface area contributed by atoms with E-state index in [0.717, 1.165) is 13.1 Å². The summed E-state index contributed by atoms with van der Waals surface area (Å²) in [4.78, 5) is 12.5. The van der Waals surface area contributed by atoms with E-state index in [1.165, 1.54) is 11.1 Å². The first-order valence-electron chi connectivity index (χ1n) is 5.98. The lowest BCUT2D eigenvalue weighted by Crippen LogP contribution is -2.07. The third kappa shape index (κ3) is 6.03. The molecule has 0 aliphatic carbocycles. The second-order valence-corrected chi connectivity index (χ2v) is 4.66. The van der Waals surface area contributed by atoms with E-state index < -0.39 is 0 Å². The van der Waals surface area contributed by atoms with Gasteiger partial charge in [0.1, 0.15) is 0 Å². The summed E-state index contributed by atoms with van der Waals surface area (Å²) >= 11 is 0. The van der Waals surface area contributed by atoms with Crippen LogP contribution in [0, 0.1) is 0 Å². The van der Waals surface area contributed by atoms with Gasteiger partial charge in [0, 0.05) is 28.2 Å². The molecule has 0 saturated heterocycles. The first-order chi connectivity index (χ1) is 8.58. The van der Waals surface area contributed by atoms with E-state index >= 15 is 0 Å². The molecule has 0 saturated carbocycles. The van der Waals surface area contributed by atoms with Crippen LogP contribution in [0.4, 0.5) is 0 Å². The summed E-state index contributed by atoms with van der Waals surface area (Å²) in [6.07, 6.45) is 3.66. The molecule has 0 aliphatic rings. The Morgan fingerprint density at radius 2 is 1.11 bits per heavy atom. The van der Waals surface area contributed by atoms with Gasteiger partial charge in [-0.05, 0) is 11.1 Å². The molecular formula is C14H22N4. The average molecular weight is 246 g/mol. The molecular weight excluding hydrogens is 224 g/mol. The fraction of sp³-hybridized carbons (Fsp3) is 0.429. The van der Waals surface area contributed by atoms with Crippen LogP contribution in [0.2, 0.25) is 0 Å². The molecule has 4 nitrogen and oxygen atoms in total. The van der Waals surface area contributed by atoms with Gasteiger partial charge in [-0.3, -0.25) is 9.98 Å². The van der Waals surface area contributed by atoms with Gasteiger partial charge >= 0.3 is 0 Å². The maximum Gasteiger partial charge on any atom is 0.0848 e. The minimum atomic E-state index is 0.722. The van der Waals surface area contributed by atoms with E-state index in [0.29, 0.717) is 0 Å². The molecule has 0 atom stereocenters. The minimum Gasteiger partial charge on any atom is -0.369 e. The minimum absolute atomic E-state index is 0.722. The van der Waals surface area contributed by atoms with Crippen LogP contribution in [-0.2, 0) is 13.1 Å². The third-order valence-electron chi connectivity index (χ3n) is 2.20. The molecule has 18 heavy (non-hydrogen) atoms. The highest BCUT2D eigenvalue weighted by molar-refractivity contribution is 5.54. The highest BCUT2D eigenvalue weighted by Gasteiger charge is 1.93.